The molecule has 2 rings (SSSR count). The van der Waals surface area contributed by atoms with E-state index in [1.807, 2.05) is 0 Å². The van der Waals surface area contributed by atoms with Gasteiger partial charge in [0.2, 0.25) is 0 Å². The van der Waals surface area contributed by atoms with Gasteiger partial charge < -0.3 is 4.79 Å². The van der Waals surface area contributed by atoms with Crippen LogP contribution in [0.4, 0.5) is 0 Å². The molecule has 0 saturated heterocycles. The van der Waals surface area contributed by atoms with Crippen LogP contribution in [0.2, 0.25) is 0 Å². The number of fused-ring (bicyclic) bond motifs is 2. The number of hydrogen-bond donors (Lipinski definition) is 0. The highest BCUT2D eigenvalue weighted by molar-refractivity contribution is 5.58. The fourth-order valence-electron chi connectivity index (χ4n) is 2.67. The number of aldehydes is 1. The number of carbonyl (C=O) groups is 1. The molecule has 2 bridgehead atoms. The molecule has 0 aromatic carbocycles. The normalized spacial score (nSPS) is 46.6. The van der Waals surface area contributed by atoms with E-state index >= 15 is 0 Å². The minimum Gasteiger partial charge on any atom is -0.303 e. The number of rotatable bonds is 2. The number of carbonyl (C=O) groups excluding carboxylic acids is 1. The first-order chi connectivity index (χ1) is 5.30. The lowest BCUT2D eigenvalue weighted by Crippen LogP contribution is -2.22. The molecule has 60 valence electrons. The largest absolute Gasteiger partial charge is 0.303 e. The zero-order valence-electron chi connectivity index (χ0n) is 6.92. The van der Waals surface area contributed by atoms with Crippen LogP contribution in [0.15, 0.2) is 12.2 Å². The molecule has 0 spiro atoms. The minimum absolute atomic E-state index is 0.270. The highest BCUT2D eigenvalue weighted by atomic mass is 16.1. The first-order valence-corrected chi connectivity index (χ1v) is 4.45. The Morgan fingerprint density at radius 3 is 3.00 bits per heavy atom. The van der Waals surface area contributed by atoms with Crippen LogP contribution in [0.3, 0.4) is 0 Å². The summed E-state index contributed by atoms with van der Waals surface area (Å²) in [5.74, 6) is 1.03. The zero-order valence-corrected chi connectivity index (χ0v) is 6.92. The maximum Gasteiger partial charge on any atom is 0.123 e. The van der Waals surface area contributed by atoms with Crippen molar-refractivity contribution in [3.8, 4) is 0 Å². The Hall–Kier alpha value is -0.590. The Morgan fingerprint density at radius 2 is 2.55 bits per heavy atom. The van der Waals surface area contributed by atoms with Gasteiger partial charge >= 0.3 is 0 Å². The van der Waals surface area contributed by atoms with Gasteiger partial charge in [0, 0.05) is 5.92 Å². The Labute approximate surface area is 67.5 Å². The standard InChI is InChI=1S/C10H14O/c1-2-10-4-3-8(6-10)5-9(10)7-11/h3-4,7-9H,2,5-6H2,1H3/t8-,9?,10-/m0/s1. The van der Waals surface area contributed by atoms with E-state index in [1.54, 1.807) is 0 Å². The van der Waals surface area contributed by atoms with Crippen LogP contribution in [0.25, 0.3) is 0 Å². The molecule has 0 amide bonds. The van der Waals surface area contributed by atoms with Crippen LogP contribution in [0, 0.1) is 17.3 Å². The Morgan fingerprint density at radius 1 is 1.73 bits per heavy atom. The predicted octanol–water partition coefficient (Wildman–Crippen LogP) is 2.18. The molecule has 0 heterocycles. The molecule has 1 nitrogen and oxygen atoms in total. The van der Waals surface area contributed by atoms with Gasteiger partial charge in [-0.3, -0.25) is 0 Å². The summed E-state index contributed by atoms with van der Waals surface area (Å²) >= 11 is 0. The van der Waals surface area contributed by atoms with Crippen molar-refractivity contribution in [2.24, 2.45) is 17.3 Å². The van der Waals surface area contributed by atoms with Crippen molar-refractivity contribution < 1.29 is 4.79 Å². The highest BCUT2D eigenvalue weighted by Gasteiger charge is 2.46. The molecule has 0 aromatic heterocycles. The SMILES string of the molecule is CC[C@@]12C=C[C@@H](CC1C=O)C2. The topological polar surface area (TPSA) is 17.1 Å². The molecule has 11 heavy (non-hydrogen) atoms. The van der Waals surface area contributed by atoms with Crippen LogP contribution in [0.5, 0.6) is 0 Å². The zero-order chi connectivity index (χ0) is 7.90. The second-order valence-electron chi connectivity index (χ2n) is 3.89. The molecule has 1 heteroatoms. The third-order valence-corrected chi connectivity index (χ3v) is 3.46. The molecular weight excluding hydrogens is 136 g/mol. The van der Waals surface area contributed by atoms with Crippen molar-refractivity contribution in [3.63, 3.8) is 0 Å². The summed E-state index contributed by atoms with van der Waals surface area (Å²) < 4.78 is 0. The summed E-state index contributed by atoms with van der Waals surface area (Å²) in [5.41, 5.74) is 0.270. The van der Waals surface area contributed by atoms with Crippen molar-refractivity contribution in [2.75, 3.05) is 0 Å². The van der Waals surface area contributed by atoms with Crippen LogP contribution in [-0.2, 0) is 4.79 Å². The van der Waals surface area contributed by atoms with Crippen molar-refractivity contribution in [1.29, 1.82) is 0 Å². The van der Waals surface area contributed by atoms with Crippen LogP contribution in [0.1, 0.15) is 26.2 Å². The Kier molecular flexibility index (Phi) is 1.41. The summed E-state index contributed by atoms with van der Waals surface area (Å²) in [6, 6.07) is 0. The summed E-state index contributed by atoms with van der Waals surface area (Å²) in [5, 5.41) is 0. The number of allylic oxidation sites excluding steroid dienone is 2. The average Bonchev–Trinajstić information content (AvgIpc) is 2.60. The van der Waals surface area contributed by atoms with Gasteiger partial charge in [-0.25, -0.2) is 0 Å². The van der Waals surface area contributed by atoms with E-state index in [0.717, 1.165) is 19.1 Å². The molecule has 2 aliphatic rings. The molecule has 0 radical (unpaired) electrons. The summed E-state index contributed by atoms with van der Waals surface area (Å²) in [4.78, 5) is 10.7. The third kappa shape index (κ3) is 0.800. The van der Waals surface area contributed by atoms with E-state index in [0.29, 0.717) is 11.8 Å². The summed E-state index contributed by atoms with van der Waals surface area (Å²) in [7, 11) is 0. The second kappa shape index (κ2) is 2.20. The quantitative estimate of drug-likeness (QED) is 0.435. The molecule has 3 atom stereocenters. The van der Waals surface area contributed by atoms with Gasteiger partial charge in [-0.2, -0.15) is 0 Å². The van der Waals surface area contributed by atoms with E-state index in [4.69, 9.17) is 0 Å². The fraction of sp³-hybridized carbons (Fsp3) is 0.700. The van der Waals surface area contributed by atoms with E-state index in [-0.39, 0.29) is 5.41 Å². The van der Waals surface area contributed by atoms with Gasteiger partial charge in [-0.05, 0) is 30.6 Å². The van der Waals surface area contributed by atoms with Gasteiger partial charge in [-0.15, -0.1) is 0 Å². The third-order valence-electron chi connectivity index (χ3n) is 3.46. The lowest BCUT2D eigenvalue weighted by molar-refractivity contribution is -0.113. The maximum atomic E-state index is 10.7. The van der Waals surface area contributed by atoms with Crippen LogP contribution >= 0.6 is 0 Å². The van der Waals surface area contributed by atoms with Crippen LogP contribution < -0.4 is 0 Å². The lowest BCUT2D eigenvalue weighted by Gasteiger charge is -2.26. The molecular formula is C10H14O. The molecule has 2 aliphatic carbocycles. The van der Waals surface area contributed by atoms with E-state index < -0.39 is 0 Å². The lowest BCUT2D eigenvalue weighted by atomic mass is 9.77. The van der Waals surface area contributed by atoms with Gasteiger partial charge in [0.25, 0.3) is 0 Å². The van der Waals surface area contributed by atoms with Crippen LogP contribution in [-0.4, -0.2) is 6.29 Å². The Balaban J connectivity index is 2.29. The molecule has 1 saturated carbocycles. The summed E-state index contributed by atoms with van der Waals surface area (Å²) in [6.07, 6.45) is 9.20. The first kappa shape index (κ1) is 7.08. The molecule has 0 aromatic rings. The summed E-state index contributed by atoms with van der Waals surface area (Å²) in [6.45, 7) is 2.19. The van der Waals surface area contributed by atoms with Gasteiger partial charge in [-0.1, -0.05) is 19.1 Å². The maximum absolute atomic E-state index is 10.7. The Bertz CT molecular complexity index is 207. The molecule has 1 unspecified atom stereocenters. The highest BCUT2D eigenvalue weighted by Crippen LogP contribution is 2.54. The van der Waals surface area contributed by atoms with Crippen molar-refractivity contribution in [2.45, 2.75) is 26.2 Å². The van der Waals surface area contributed by atoms with Gasteiger partial charge in [0.1, 0.15) is 6.29 Å². The van der Waals surface area contributed by atoms with E-state index in [2.05, 4.69) is 19.1 Å². The first-order valence-electron chi connectivity index (χ1n) is 4.45. The average molecular weight is 150 g/mol. The van der Waals surface area contributed by atoms with Crippen molar-refractivity contribution >= 4 is 6.29 Å². The van der Waals surface area contributed by atoms with Crippen molar-refractivity contribution in [3.05, 3.63) is 12.2 Å². The van der Waals surface area contributed by atoms with Crippen molar-refractivity contribution in [1.82, 2.24) is 0 Å². The predicted molar refractivity (Wildman–Crippen MR) is 44.1 cm³/mol. The molecule has 0 aliphatic heterocycles. The molecule has 1 fully saturated rings. The van der Waals surface area contributed by atoms with Gasteiger partial charge in [0.15, 0.2) is 0 Å². The smallest absolute Gasteiger partial charge is 0.123 e. The van der Waals surface area contributed by atoms with Gasteiger partial charge in [0.05, 0.1) is 0 Å². The monoisotopic (exact) mass is 150 g/mol. The number of hydrogen-bond acceptors (Lipinski definition) is 1. The van der Waals surface area contributed by atoms with E-state index in [1.165, 1.54) is 6.42 Å². The fourth-order valence-corrected chi connectivity index (χ4v) is 2.67. The molecule has 0 N–H and O–H groups in total. The second-order valence-corrected chi connectivity index (χ2v) is 3.89. The van der Waals surface area contributed by atoms with E-state index in [9.17, 15) is 4.79 Å². The minimum atomic E-state index is 0.270.